The molecule has 124 valence electrons. The molecule has 0 bridgehead atoms. The molecule has 5 atom stereocenters. The average molecular weight is 316 g/mol. The summed E-state index contributed by atoms with van der Waals surface area (Å²) in [5.74, 6) is -0.108. The molecule has 3 heteroatoms. The SMILES string of the molecule is C=C[C@@]12CCc3cc(O)c(F)cc3[C@H]1CC[C@@]1(C)[C@H]2CC[C@@H]1O. The fourth-order valence-corrected chi connectivity index (χ4v) is 6.10. The number of allylic oxidation sites excluding steroid dienone is 1. The molecule has 0 saturated heterocycles. The second-order valence-electron chi connectivity index (χ2n) is 8.06. The van der Waals surface area contributed by atoms with E-state index >= 15 is 0 Å². The first-order valence-corrected chi connectivity index (χ1v) is 8.75. The topological polar surface area (TPSA) is 40.5 Å². The van der Waals surface area contributed by atoms with Crippen molar-refractivity contribution in [3.63, 3.8) is 0 Å². The molecule has 0 radical (unpaired) electrons. The van der Waals surface area contributed by atoms with Crippen molar-refractivity contribution < 1.29 is 14.6 Å². The van der Waals surface area contributed by atoms with Gasteiger partial charge in [-0.05, 0) is 84.5 Å². The number of aliphatic hydroxyl groups excluding tert-OH is 1. The van der Waals surface area contributed by atoms with Gasteiger partial charge in [0, 0.05) is 0 Å². The number of aliphatic hydroxyl groups is 1. The molecule has 2 fully saturated rings. The molecular formula is C20H25FO2. The molecule has 0 amide bonds. The zero-order valence-corrected chi connectivity index (χ0v) is 13.7. The Hall–Kier alpha value is -1.35. The quantitative estimate of drug-likeness (QED) is 0.758. The predicted molar refractivity (Wildman–Crippen MR) is 87.8 cm³/mol. The number of hydrogen-bond acceptors (Lipinski definition) is 2. The van der Waals surface area contributed by atoms with E-state index in [1.165, 1.54) is 0 Å². The largest absolute Gasteiger partial charge is 0.505 e. The third-order valence-corrected chi connectivity index (χ3v) is 7.35. The van der Waals surface area contributed by atoms with E-state index in [0.717, 1.165) is 49.7 Å². The van der Waals surface area contributed by atoms with Gasteiger partial charge in [-0.1, -0.05) is 13.0 Å². The molecule has 3 aliphatic rings. The highest BCUT2D eigenvalue weighted by Crippen LogP contribution is 2.67. The number of phenols is 1. The highest BCUT2D eigenvalue weighted by molar-refractivity contribution is 5.43. The summed E-state index contributed by atoms with van der Waals surface area (Å²) in [5.41, 5.74) is 2.03. The number of hydrogen-bond donors (Lipinski definition) is 2. The monoisotopic (exact) mass is 316 g/mol. The first-order valence-electron chi connectivity index (χ1n) is 8.75. The van der Waals surface area contributed by atoms with Crippen LogP contribution in [0.2, 0.25) is 0 Å². The van der Waals surface area contributed by atoms with Gasteiger partial charge in [0.1, 0.15) is 0 Å². The molecule has 0 unspecified atom stereocenters. The maximum atomic E-state index is 14.0. The maximum absolute atomic E-state index is 14.0. The van der Waals surface area contributed by atoms with Crippen molar-refractivity contribution in [2.45, 2.75) is 57.5 Å². The van der Waals surface area contributed by atoms with E-state index in [1.54, 1.807) is 12.1 Å². The van der Waals surface area contributed by atoms with Gasteiger partial charge in [-0.3, -0.25) is 0 Å². The minimum absolute atomic E-state index is 0.0440. The van der Waals surface area contributed by atoms with Crippen LogP contribution in [-0.4, -0.2) is 16.3 Å². The Kier molecular flexibility index (Phi) is 3.19. The van der Waals surface area contributed by atoms with E-state index in [9.17, 15) is 14.6 Å². The van der Waals surface area contributed by atoms with Gasteiger partial charge >= 0.3 is 0 Å². The number of aromatic hydroxyl groups is 1. The van der Waals surface area contributed by atoms with E-state index in [0.29, 0.717) is 5.92 Å². The Bertz CT molecular complexity index is 670. The minimum Gasteiger partial charge on any atom is -0.505 e. The van der Waals surface area contributed by atoms with E-state index < -0.39 is 5.82 Å². The van der Waals surface area contributed by atoms with Crippen LogP contribution in [0.4, 0.5) is 4.39 Å². The van der Waals surface area contributed by atoms with Crippen molar-refractivity contribution in [2.24, 2.45) is 16.7 Å². The summed E-state index contributed by atoms with van der Waals surface area (Å²) in [6.45, 7) is 6.39. The Morgan fingerprint density at radius 1 is 1.26 bits per heavy atom. The molecule has 2 N–H and O–H groups in total. The van der Waals surface area contributed by atoms with Crippen molar-refractivity contribution >= 4 is 0 Å². The van der Waals surface area contributed by atoms with Crippen LogP contribution in [0.25, 0.3) is 0 Å². The molecule has 1 aromatic carbocycles. The molecule has 1 aromatic rings. The van der Waals surface area contributed by atoms with Crippen molar-refractivity contribution in [2.75, 3.05) is 0 Å². The summed E-state index contributed by atoms with van der Waals surface area (Å²) in [6.07, 6.45) is 7.50. The normalized spacial score (nSPS) is 41.8. The molecule has 0 heterocycles. The first kappa shape index (κ1) is 15.2. The van der Waals surface area contributed by atoms with Crippen LogP contribution in [0.1, 0.15) is 56.1 Å². The summed E-state index contributed by atoms with van der Waals surface area (Å²) in [6, 6.07) is 3.15. The molecule has 0 aliphatic heterocycles. The summed E-state index contributed by atoms with van der Waals surface area (Å²) in [5, 5.41) is 20.2. The van der Waals surface area contributed by atoms with Gasteiger partial charge in [0.25, 0.3) is 0 Å². The maximum Gasteiger partial charge on any atom is 0.165 e. The summed E-state index contributed by atoms with van der Waals surface area (Å²) in [4.78, 5) is 0. The highest BCUT2D eigenvalue weighted by atomic mass is 19.1. The average Bonchev–Trinajstić information content (AvgIpc) is 2.84. The van der Waals surface area contributed by atoms with Gasteiger partial charge in [-0.15, -0.1) is 6.58 Å². The molecule has 23 heavy (non-hydrogen) atoms. The predicted octanol–water partition coefficient (Wildman–Crippen LogP) is 4.30. The molecule has 0 aromatic heterocycles. The third-order valence-electron chi connectivity index (χ3n) is 7.35. The van der Waals surface area contributed by atoms with Gasteiger partial charge in [0.15, 0.2) is 11.6 Å². The highest BCUT2D eigenvalue weighted by Gasteiger charge is 2.60. The lowest BCUT2D eigenvalue weighted by Gasteiger charge is -2.57. The first-order chi connectivity index (χ1) is 10.9. The summed E-state index contributed by atoms with van der Waals surface area (Å²) >= 11 is 0. The van der Waals surface area contributed by atoms with Crippen molar-refractivity contribution in [1.29, 1.82) is 0 Å². The molecule has 3 aliphatic carbocycles. The lowest BCUT2D eigenvalue weighted by molar-refractivity contribution is -0.0528. The molecule has 2 nitrogen and oxygen atoms in total. The lowest BCUT2D eigenvalue weighted by Crippen LogP contribution is -2.50. The van der Waals surface area contributed by atoms with Crippen molar-refractivity contribution in [3.05, 3.63) is 41.7 Å². The van der Waals surface area contributed by atoms with Crippen molar-refractivity contribution in [3.8, 4) is 5.75 Å². The van der Waals surface area contributed by atoms with E-state index in [4.69, 9.17) is 0 Å². The second-order valence-corrected chi connectivity index (χ2v) is 8.06. The Balaban J connectivity index is 1.84. The van der Waals surface area contributed by atoms with Gasteiger partial charge in [-0.2, -0.15) is 0 Å². The number of benzene rings is 1. The van der Waals surface area contributed by atoms with E-state index in [1.807, 2.05) is 0 Å². The number of rotatable bonds is 1. The van der Waals surface area contributed by atoms with Gasteiger partial charge in [0.05, 0.1) is 6.10 Å². The lowest BCUT2D eigenvalue weighted by atomic mass is 9.47. The smallest absolute Gasteiger partial charge is 0.165 e. The van der Waals surface area contributed by atoms with Crippen LogP contribution in [0.15, 0.2) is 24.8 Å². The molecule has 4 rings (SSSR count). The number of aryl methyl sites for hydroxylation is 1. The minimum atomic E-state index is -0.525. The zero-order chi connectivity index (χ0) is 16.4. The number of halogens is 1. The van der Waals surface area contributed by atoms with Crippen LogP contribution in [0.5, 0.6) is 5.75 Å². The molecule has 2 saturated carbocycles. The Morgan fingerprint density at radius 2 is 2.04 bits per heavy atom. The molecular weight excluding hydrogens is 291 g/mol. The fraction of sp³-hybridized carbons (Fsp3) is 0.600. The Labute approximate surface area is 137 Å². The van der Waals surface area contributed by atoms with E-state index in [2.05, 4.69) is 19.6 Å². The van der Waals surface area contributed by atoms with E-state index in [-0.39, 0.29) is 28.6 Å². The van der Waals surface area contributed by atoms with Crippen molar-refractivity contribution in [1.82, 2.24) is 0 Å². The fourth-order valence-electron chi connectivity index (χ4n) is 6.10. The van der Waals surface area contributed by atoms with Gasteiger partial charge < -0.3 is 10.2 Å². The zero-order valence-electron chi connectivity index (χ0n) is 13.7. The Morgan fingerprint density at radius 3 is 2.78 bits per heavy atom. The third kappa shape index (κ3) is 1.83. The summed E-state index contributed by atoms with van der Waals surface area (Å²) in [7, 11) is 0. The van der Waals surface area contributed by atoms with Crippen LogP contribution >= 0.6 is 0 Å². The van der Waals surface area contributed by atoms with Crippen LogP contribution in [0, 0.1) is 22.6 Å². The van der Waals surface area contributed by atoms with Gasteiger partial charge in [0.2, 0.25) is 0 Å². The summed E-state index contributed by atoms with van der Waals surface area (Å²) < 4.78 is 14.0. The second kappa shape index (κ2) is 4.83. The van der Waals surface area contributed by atoms with Gasteiger partial charge in [-0.25, -0.2) is 4.39 Å². The standard InChI is InChI=1S/C20H25FO2/c1-3-20-9-6-12-10-16(22)15(21)11-13(12)14(20)7-8-19(2)17(20)4-5-18(19)23/h3,10-11,14,17-18,22-23H,1,4-9H2,2H3/t14-,17-,18+,19+,20-/m1/s1. The number of fused-ring (bicyclic) bond motifs is 5. The van der Waals surface area contributed by atoms with Crippen LogP contribution < -0.4 is 0 Å². The van der Waals surface area contributed by atoms with Crippen LogP contribution in [0.3, 0.4) is 0 Å². The molecule has 0 spiro atoms. The number of phenolic OH excluding ortho intramolecular Hbond substituents is 1. The van der Waals surface area contributed by atoms with Crippen LogP contribution in [-0.2, 0) is 6.42 Å².